The summed E-state index contributed by atoms with van der Waals surface area (Å²) in [6.45, 7) is 0.610. The summed E-state index contributed by atoms with van der Waals surface area (Å²) in [5, 5.41) is 4.59. The topological polar surface area (TPSA) is 17.8 Å². The molecule has 1 aromatic heterocycles. The molecule has 2 heteroatoms. The zero-order valence-corrected chi connectivity index (χ0v) is 27.3. The lowest BCUT2D eigenvalue weighted by molar-refractivity contribution is 0.660. The van der Waals surface area contributed by atoms with Gasteiger partial charge < -0.3 is 0 Å². The number of aromatic nitrogens is 2. The molecule has 1 aliphatic rings. The highest BCUT2D eigenvalue weighted by atomic mass is 15.1. The van der Waals surface area contributed by atoms with Crippen LogP contribution in [-0.4, -0.2) is 9.55 Å². The Hall–Kier alpha value is -5.99. The molecule has 0 unspecified atom stereocenters. The summed E-state index contributed by atoms with van der Waals surface area (Å²) in [6.07, 6.45) is -2.79. The molecular weight excluding hydrogens is 605 g/mol. The van der Waals surface area contributed by atoms with Crippen molar-refractivity contribution >= 4 is 43.4 Å². The third-order valence-electron chi connectivity index (χ3n) is 10.3. The quantitative estimate of drug-likeness (QED) is 0.173. The molecule has 0 bridgehead atoms. The van der Waals surface area contributed by atoms with Crippen molar-refractivity contribution in [3.63, 3.8) is 0 Å². The van der Waals surface area contributed by atoms with E-state index in [0.717, 1.165) is 43.4 Å². The van der Waals surface area contributed by atoms with Gasteiger partial charge in [0.25, 0.3) is 0 Å². The highest BCUT2D eigenvalue weighted by Crippen LogP contribution is 2.51. The lowest BCUT2D eigenvalue weighted by Gasteiger charge is -2.23. The third kappa shape index (κ3) is 3.99. The zero-order chi connectivity index (χ0) is 43.9. The summed E-state index contributed by atoms with van der Waals surface area (Å²) in [4.78, 5) is 4.56. The predicted molar refractivity (Wildman–Crippen MR) is 211 cm³/mol. The number of nitrogens with zero attached hydrogens (tertiary/aromatic N) is 2. The first kappa shape index (κ1) is 19.3. The number of aryl methyl sites for hydroxylation is 1. The number of imidazole rings is 1. The molecule has 10 rings (SSSR count). The van der Waals surface area contributed by atoms with Gasteiger partial charge in [-0.15, -0.1) is 0 Å². The van der Waals surface area contributed by atoms with E-state index in [-0.39, 0.29) is 58.8 Å². The average molecular weight is 653 g/mol. The van der Waals surface area contributed by atoms with E-state index in [9.17, 15) is 4.11 Å². The minimum Gasteiger partial charge on any atom is -0.296 e. The molecule has 0 saturated carbocycles. The van der Waals surface area contributed by atoms with Gasteiger partial charge in [-0.3, -0.25) is 4.57 Å². The van der Waals surface area contributed by atoms with E-state index in [2.05, 4.69) is 4.98 Å². The Balaban J connectivity index is 1.28. The second-order valence-corrected chi connectivity index (χ2v) is 13.3. The summed E-state index contributed by atoms with van der Waals surface area (Å²) in [5.74, 6) is -0.234. The van der Waals surface area contributed by atoms with Crippen LogP contribution in [0.15, 0.2) is 151 Å². The van der Waals surface area contributed by atoms with Gasteiger partial charge in [-0.25, -0.2) is 4.98 Å². The van der Waals surface area contributed by atoms with Gasteiger partial charge >= 0.3 is 0 Å². The summed E-state index contributed by atoms with van der Waals surface area (Å²) >= 11 is 0. The summed E-state index contributed by atoms with van der Waals surface area (Å²) in [7, 11) is 0. The first-order chi connectivity index (χ1) is 29.4. The van der Waals surface area contributed by atoms with Crippen molar-refractivity contribution < 1.29 is 16.4 Å². The van der Waals surface area contributed by atoms with Crippen LogP contribution in [0.25, 0.3) is 82.4 Å². The molecule has 8 aromatic carbocycles. The molecule has 1 heterocycles. The van der Waals surface area contributed by atoms with Crippen LogP contribution < -0.4 is 0 Å². The fourth-order valence-electron chi connectivity index (χ4n) is 8.02. The van der Waals surface area contributed by atoms with Gasteiger partial charge in [0.05, 0.1) is 26.3 Å². The molecule has 2 nitrogen and oxygen atoms in total. The minimum absolute atomic E-state index is 0.0165. The van der Waals surface area contributed by atoms with E-state index in [1.807, 2.05) is 98.8 Å². The van der Waals surface area contributed by atoms with E-state index in [1.165, 1.54) is 0 Å². The largest absolute Gasteiger partial charge is 0.296 e. The van der Waals surface area contributed by atoms with Gasteiger partial charge in [0.15, 0.2) is 0 Å². The Bertz CT molecular complexity index is 3380. The van der Waals surface area contributed by atoms with Crippen molar-refractivity contribution in [3.8, 4) is 39.1 Å². The Morgan fingerprint density at radius 3 is 1.98 bits per heavy atom. The van der Waals surface area contributed by atoms with Crippen molar-refractivity contribution in [2.45, 2.75) is 32.5 Å². The standard InChI is InChI=1S/C48H36N2/c1-4-45-49-42-23-13-14-24-44(42)50(45)43-28-27-39(31-15-5-6-17-34(31)43)47-37-20-9-7-18-35(37)46(36-19-8-10-21-38(36)47)30-25-26-33-32-16-11-12-22-40(32)48(2,3)41(33)29-30/h5-29H,4H2,1-3H3/i1D3,4D2,11D,12D,16D,22D,25D,26D,29D. The number of rotatable bonds is 4. The fourth-order valence-corrected chi connectivity index (χ4v) is 8.02. The van der Waals surface area contributed by atoms with Crippen LogP contribution in [0.1, 0.15) is 54.1 Å². The maximum Gasteiger partial charge on any atom is 0.114 e. The van der Waals surface area contributed by atoms with Crippen LogP contribution in [0.3, 0.4) is 0 Å². The molecular formula is C48H36N2. The van der Waals surface area contributed by atoms with Gasteiger partial charge in [0.1, 0.15) is 5.82 Å². The molecule has 50 heavy (non-hydrogen) atoms. The van der Waals surface area contributed by atoms with Crippen molar-refractivity contribution in [2.24, 2.45) is 0 Å². The SMILES string of the molecule is [2H]c1c([2H])c([2H])c2c(c1[2H])-c1c([2H])c([2H])c(-c3c4ccccc4c(-c4ccc(-n5c(C([2H])([2H])C([2H])([2H])[2H])nc6ccccc65)c5ccccc45)c4ccccc34)c([2H])c1C2(C)C. The number of benzene rings is 8. The second kappa shape index (κ2) is 10.8. The van der Waals surface area contributed by atoms with Gasteiger partial charge in [-0.1, -0.05) is 148 Å². The maximum absolute atomic E-state index is 9.92. The number of hydrogen-bond acceptors (Lipinski definition) is 1. The van der Waals surface area contributed by atoms with Crippen molar-refractivity contribution in [1.82, 2.24) is 9.55 Å². The Morgan fingerprint density at radius 2 is 1.24 bits per heavy atom. The summed E-state index contributed by atoms with van der Waals surface area (Å²) in [6, 6.07) is 32.3. The molecule has 0 atom stereocenters. The Labute approximate surface area is 309 Å². The fraction of sp³-hybridized carbons (Fsp3) is 0.104. The lowest BCUT2D eigenvalue weighted by Crippen LogP contribution is -2.14. The smallest absolute Gasteiger partial charge is 0.114 e. The summed E-state index contributed by atoms with van der Waals surface area (Å²) < 4.78 is 107. The maximum atomic E-state index is 9.92. The molecule has 0 saturated heterocycles. The number of para-hydroxylation sites is 2. The monoisotopic (exact) mass is 652 g/mol. The number of fused-ring (bicyclic) bond motifs is 7. The zero-order valence-electron chi connectivity index (χ0n) is 39.3. The third-order valence-corrected chi connectivity index (χ3v) is 10.3. The van der Waals surface area contributed by atoms with Crippen molar-refractivity contribution in [2.75, 3.05) is 0 Å². The first-order valence-corrected chi connectivity index (χ1v) is 16.6. The lowest BCUT2D eigenvalue weighted by atomic mass is 9.80. The van der Waals surface area contributed by atoms with Gasteiger partial charge in [-0.2, -0.15) is 0 Å². The molecule has 0 aliphatic heterocycles. The molecule has 9 aromatic rings. The van der Waals surface area contributed by atoms with Crippen molar-refractivity contribution in [3.05, 3.63) is 168 Å². The number of hydrogen-bond donors (Lipinski definition) is 0. The van der Waals surface area contributed by atoms with Gasteiger partial charge in [-0.05, 0) is 95.7 Å². The van der Waals surface area contributed by atoms with Crippen LogP contribution in [0.5, 0.6) is 0 Å². The van der Waals surface area contributed by atoms with E-state index in [1.54, 1.807) is 28.8 Å². The Kier molecular flexibility index (Phi) is 4.14. The Morgan fingerprint density at radius 1 is 0.620 bits per heavy atom. The van der Waals surface area contributed by atoms with Gasteiger partial charge in [0.2, 0.25) is 0 Å². The average Bonchev–Trinajstić information content (AvgIpc) is 3.76. The van der Waals surface area contributed by atoms with Crippen molar-refractivity contribution in [1.29, 1.82) is 0 Å². The highest BCUT2D eigenvalue weighted by Gasteiger charge is 2.35. The van der Waals surface area contributed by atoms with E-state index >= 15 is 0 Å². The van der Waals surface area contributed by atoms with Crippen LogP contribution in [0.4, 0.5) is 0 Å². The van der Waals surface area contributed by atoms with E-state index in [4.69, 9.17) is 12.3 Å². The predicted octanol–water partition coefficient (Wildman–Crippen LogP) is 12.7. The molecule has 0 amide bonds. The van der Waals surface area contributed by atoms with Crippen LogP contribution in [0, 0.1) is 0 Å². The first-order valence-electron chi connectivity index (χ1n) is 22.6. The van der Waals surface area contributed by atoms with Crippen LogP contribution >= 0.6 is 0 Å². The van der Waals surface area contributed by atoms with E-state index in [0.29, 0.717) is 33.4 Å². The highest BCUT2D eigenvalue weighted by molar-refractivity contribution is 6.24. The normalized spacial score (nSPS) is 17.3. The van der Waals surface area contributed by atoms with Crippen LogP contribution in [0.2, 0.25) is 0 Å². The molecule has 238 valence electrons. The second-order valence-electron chi connectivity index (χ2n) is 13.3. The van der Waals surface area contributed by atoms with E-state index < -0.39 is 24.7 Å². The molecule has 0 spiro atoms. The van der Waals surface area contributed by atoms with Crippen LogP contribution in [-0.2, 0) is 11.8 Å². The minimum atomic E-state index is -3.01. The summed E-state index contributed by atoms with van der Waals surface area (Å²) in [5.41, 5.74) is 4.02. The molecule has 0 radical (unpaired) electrons. The molecule has 0 fully saturated rings. The van der Waals surface area contributed by atoms with Gasteiger partial charge in [0, 0.05) is 24.0 Å². The molecule has 1 aliphatic carbocycles. The molecule has 0 N–H and O–H groups in total.